The van der Waals surface area contributed by atoms with E-state index in [0.717, 1.165) is 27.6 Å². The molecule has 2 aromatic carbocycles. The van der Waals surface area contributed by atoms with Crippen molar-refractivity contribution in [2.45, 2.75) is 13.3 Å². The summed E-state index contributed by atoms with van der Waals surface area (Å²) < 4.78 is 4.90. The Labute approximate surface area is 133 Å². The Balaban J connectivity index is 2.13. The van der Waals surface area contributed by atoms with Gasteiger partial charge in [0.25, 0.3) is 0 Å². The molecule has 0 amide bonds. The molecule has 3 nitrogen and oxygen atoms in total. The fraction of sp³-hybridized carbons (Fsp3) is 0.167. The van der Waals surface area contributed by atoms with Gasteiger partial charge in [0, 0.05) is 22.3 Å². The number of H-pyrrole nitrogens is 1. The molecule has 1 heterocycles. The summed E-state index contributed by atoms with van der Waals surface area (Å²) in [6.07, 6.45) is 0.644. The van der Waals surface area contributed by atoms with E-state index in [-0.39, 0.29) is 5.97 Å². The summed E-state index contributed by atoms with van der Waals surface area (Å²) >= 11 is 5.93. The van der Waals surface area contributed by atoms with E-state index < -0.39 is 0 Å². The van der Waals surface area contributed by atoms with Crippen LogP contribution in [0.1, 0.15) is 27.2 Å². The Morgan fingerprint density at radius 3 is 2.59 bits per heavy atom. The standard InChI is InChI=1S/C18H16ClNO2/c1-11-3-8-16-14(9-11)15(17(20-16)18(21)22-2)10-12-4-6-13(19)7-5-12/h3-9,20H,10H2,1-2H3. The first-order chi connectivity index (χ1) is 10.6. The molecule has 0 aliphatic carbocycles. The molecule has 3 aromatic rings. The van der Waals surface area contributed by atoms with E-state index in [2.05, 4.69) is 11.1 Å². The van der Waals surface area contributed by atoms with Crippen LogP contribution in [0.15, 0.2) is 42.5 Å². The van der Waals surface area contributed by atoms with Gasteiger partial charge in [0.2, 0.25) is 0 Å². The van der Waals surface area contributed by atoms with Gasteiger partial charge in [-0.3, -0.25) is 0 Å². The number of nitrogens with one attached hydrogen (secondary N) is 1. The molecule has 0 saturated carbocycles. The minimum atomic E-state index is -0.349. The third kappa shape index (κ3) is 2.72. The number of esters is 1. The number of carbonyl (C=O) groups is 1. The second-order valence-corrected chi connectivity index (χ2v) is 5.76. The van der Waals surface area contributed by atoms with Gasteiger partial charge in [-0.05, 0) is 42.3 Å². The van der Waals surface area contributed by atoms with Crippen molar-refractivity contribution >= 4 is 28.5 Å². The summed E-state index contributed by atoms with van der Waals surface area (Å²) in [5, 5.41) is 1.75. The van der Waals surface area contributed by atoms with Crippen molar-refractivity contribution in [2.75, 3.05) is 7.11 Å². The number of aromatic amines is 1. The average Bonchev–Trinajstić information content (AvgIpc) is 2.87. The molecule has 0 bridgehead atoms. The Hall–Kier alpha value is -2.26. The lowest BCUT2D eigenvalue weighted by Gasteiger charge is -2.05. The predicted molar refractivity (Wildman–Crippen MR) is 88.6 cm³/mol. The van der Waals surface area contributed by atoms with Crippen LogP contribution in [0.2, 0.25) is 5.02 Å². The van der Waals surface area contributed by atoms with Crippen molar-refractivity contribution in [1.82, 2.24) is 4.98 Å². The number of rotatable bonds is 3. The maximum absolute atomic E-state index is 12.1. The van der Waals surface area contributed by atoms with Crippen LogP contribution >= 0.6 is 11.6 Å². The normalized spacial score (nSPS) is 10.9. The third-order valence-corrected chi connectivity index (χ3v) is 4.00. The Bertz CT molecular complexity index is 834. The number of aromatic nitrogens is 1. The molecule has 0 aliphatic heterocycles. The van der Waals surface area contributed by atoms with Gasteiger partial charge >= 0.3 is 5.97 Å². The predicted octanol–water partition coefficient (Wildman–Crippen LogP) is 4.51. The van der Waals surface area contributed by atoms with Crippen molar-refractivity contribution in [2.24, 2.45) is 0 Å². The SMILES string of the molecule is COC(=O)c1[nH]c2ccc(C)cc2c1Cc1ccc(Cl)cc1. The monoisotopic (exact) mass is 313 g/mol. The molecular formula is C18H16ClNO2. The molecule has 112 valence electrons. The van der Waals surface area contributed by atoms with Crippen molar-refractivity contribution in [3.05, 3.63) is 69.9 Å². The fourth-order valence-corrected chi connectivity index (χ4v) is 2.75. The minimum absolute atomic E-state index is 0.349. The fourth-order valence-electron chi connectivity index (χ4n) is 2.63. The number of methoxy groups -OCH3 is 1. The number of aryl methyl sites for hydroxylation is 1. The average molecular weight is 314 g/mol. The maximum atomic E-state index is 12.1. The maximum Gasteiger partial charge on any atom is 0.354 e. The first kappa shape index (κ1) is 14.7. The van der Waals surface area contributed by atoms with Crippen LogP contribution in [0.5, 0.6) is 0 Å². The summed E-state index contributed by atoms with van der Waals surface area (Å²) in [6, 6.07) is 13.7. The summed E-state index contributed by atoms with van der Waals surface area (Å²) in [7, 11) is 1.39. The molecule has 4 heteroatoms. The number of halogens is 1. The zero-order chi connectivity index (χ0) is 15.7. The van der Waals surface area contributed by atoms with Crippen LogP contribution in [0.4, 0.5) is 0 Å². The second kappa shape index (κ2) is 5.85. The van der Waals surface area contributed by atoms with Gasteiger partial charge in [0.1, 0.15) is 5.69 Å². The van der Waals surface area contributed by atoms with E-state index in [9.17, 15) is 4.79 Å². The lowest BCUT2D eigenvalue weighted by atomic mass is 10.0. The van der Waals surface area contributed by atoms with Crippen molar-refractivity contribution < 1.29 is 9.53 Å². The number of hydrogen-bond acceptors (Lipinski definition) is 2. The molecule has 0 fully saturated rings. The number of benzene rings is 2. The molecule has 0 aliphatic rings. The van der Waals surface area contributed by atoms with E-state index in [1.165, 1.54) is 7.11 Å². The third-order valence-electron chi connectivity index (χ3n) is 3.75. The number of fused-ring (bicyclic) bond motifs is 1. The van der Waals surface area contributed by atoms with Crippen LogP contribution in [-0.2, 0) is 11.2 Å². The topological polar surface area (TPSA) is 42.1 Å². The largest absolute Gasteiger partial charge is 0.464 e. The van der Waals surface area contributed by atoms with Gasteiger partial charge in [-0.2, -0.15) is 0 Å². The Kier molecular flexibility index (Phi) is 3.90. The summed E-state index contributed by atoms with van der Waals surface area (Å²) in [6.45, 7) is 2.04. The lowest BCUT2D eigenvalue weighted by molar-refractivity contribution is 0.0594. The smallest absolute Gasteiger partial charge is 0.354 e. The zero-order valence-electron chi connectivity index (χ0n) is 12.4. The van der Waals surface area contributed by atoms with Crippen LogP contribution < -0.4 is 0 Å². The molecule has 1 N–H and O–H groups in total. The number of hydrogen-bond donors (Lipinski definition) is 1. The van der Waals surface area contributed by atoms with E-state index in [0.29, 0.717) is 17.1 Å². The van der Waals surface area contributed by atoms with Gasteiger partial charge in [-0.15, -0.1) is 0 Å². The number of carbonyl (C=O) groups excluding carboxylic acids is 1. The van der Waals surface area contributed by atoms with Crippen molar-refractivity contribution in [3.8, 4) is 0 Å². The van der Waals surface area contributed by atoms with Crippen LogP contribution in [0.3, 0.4) is 0 Å². The molecule has 22 heavy (non-hydrogen) atoms. The van der Waals surface area contributed by atoms with Gasteiger partial charge < -0.3 is 9.72 Å². The molecule has 3 rings (SSSR count). The molecule has 0 saturated heterocycles. The van der Waals surface area contributed by atoms with E-state index in [1.54, 1.807) is 0 Å². The molecule has 0 atom stereocenters. The van der Waals surface area contributed by atoms with Gasteiger partial charge in [0.05, 0.1) is 7.11 Å². The van der Waals surface area contributed by atoms with E-state index in [4.69, 9.17) is 16.3 Å². The first-order valence-corrected chi connectivity index (χ1v) is 7.40. The Morgan fingerprint density at radius 1 is 1.18 bits per heavy atom. The summed E-state index contributed by atoms with van der Waals surface area (Å²) in [5.41, 5.74) is 4.65. The highest BCUT2D eigenvalue weighted by molar-refractivity contribution is 6.30. The first-order valence-electron chi connectivity index (χ1n) is 7.02. The quantitative estimate of drug-likeness (QED) is 0.723. The molecular weight excluding hydrogens is 298 g/mol. The highest BCUT2D eigenvalue weighted by Gasteiger charge is 2.18. The molecule has 0 radical (unpaired) electrons. The lowest BCUT2D eigenvalue weighted by Crippen LogP contribution is -2.05. The molecule has 1 aromatic heterocycles. The highest BCUT2D eigenvalue weighted by atomic mass is 35.5. The van der Waals surface area contributed by atoms with Crippen LogP contribution in [0.25, 0.3) is 10.9 Å². The number of ether oxygens (including phenoxy) is 1. The molecule has 0 spiro atoms. The van der Waals surface area contributed by atoms with E-state index >= 15 is 0 Å². The van der Waals surface area contributed by atoms with Crippen molar-refractivity contribution in [1.29, 1.82) is 0 Å². The van der Waals surface area contributed by atoms with E-state index in [1.807, 2.05) is 43.3 Å². The van der Waals surface area contributed by atoms with Crippen molar-refractivity contribution in [3.63, 3.8) is 0 Å². The molecule has 0 unspecified atom stereocenters. The highest BCUT2D eigenvalue weighted by Crippen LogP contribution is 2.27. The zero-order valence-corrected chi connectivity index (χ0v) is 13.2. The van der Waals surface area contributed by atoms with Gasteiger partial charge in [-0.25, -0.2) is 4.79 Å². The summed E-state index contributed by atoms with van der Waals surface area (Å²) in [5.74, 6) is -0.349. The van der Waals surface area contributed by atoms with Crippen LogP contribution in [-0.4, -0.2) is 18.1 Å². The van der Waals surface area contributed by atoms with Gasteiger partial charge in [0.15, 0.2) is 0 Å². The summed E-state index contributed by atoms with van der Waals surface area (Å²) in [4.78, 5) is 15.2. The van der Waals surface area contributed by atoms with Gasteiger partial charge in [-0.1, -0.05) is 35.4 Å². The van der Waals surface area contributed by atoms with Crippen LogP contribution in [0, 0.1) is 6.92 Å². The Morgan fingerprint density at radius 2 is 1.91 bits per heavy atom. The minimum Gasteiger partial charge on any atom is -0.464 e. The second-order valence-electron chi connectivity index (χ2n) is 5.32.